The van der Waals surface area contributed by atoms with Crippen LogP contribution in [0.15, 0.2) is 23.3 Å². The molecule has 0 radical (unpaired) electrons. The predicted octanol–water partition coefficient (Wildman–Crippen LogP) is 1.57. The van der Waals surface area contributed by atoms with E-state index in [1.807, 2.05) is 20.2 Å². The summed E-state index contributed by atoms with van der Waals surface area (Å²) in [6.07, 6.45) is 3.39. The molecule has 1 rings (SSSR count). The van der Waals surface area contributed by atoms with Crippen LogP contribution in [0.1, 0.15) is 0 Å². The number of hydrogen-bond acceptors (Lipinski definition) is 3. The molecular weight excluding hydrogens is 226 g/mol. The summed E-state index contributed by atoms with van der Waals surface area (Å²) in [7, 11) is 5.44. The van der Waals surface area contributed by atoms with E-state index in [0.29, 0.717) is 11.1 Å². The molecule has 1 aromatic rings. The van der Waals surface area contributed by atoms with E-state index < -0.39 is 0 Å². The number of nitrogens with zero attached hydrogens (tertiary/aromatic N) is 5. The maximum atomic E-state index is 8.60. The maximum absolute atomic E-state index is 8.60. The second-order valence-electron chi connectivity index (χ2n) is 3.30. The Bertz CT molecular complexity index is 418. The van der Waals surface area contributed by atoms with Crippen molar-refractivity contribution in [1.29, 1.82) is 5.26 Å². The van der Waals surface area contributed by atoms with Crippen LogP contribution in [0.25, 0.3) is 0 Å². The first-order valence-electron chi connectivity index (χ1n) is 4.55. The van der Waals surface area contributed by atoms with Crippen LogP contribution in [-0.4, -0.2) is 37.0 Å². The quantitative estimate of drug-likeness (QED) is 0.322. The van der Waals surface area contributed by atoms with Crippen LogP contribution in [-0.2, 0) is 0 Å². The highest BCUT2D eigenvalue weighted by molar-refractivity contribution is 6.29. The molecule has 0 fully saturated rings. The monoisotopic (exact) mass is 237 g/mol. The Labute approximate surface area is 99.6 Å². The fraction of sp³-hybridized carbons (Fsp3) is 0.300. The van der Waals surface area contributed by atoms with Crippen molar-refractivity contribution >= 4 is 23.2 Å². The Hall–Kier alpha value is -1.80. The van der Waals surface area contributed by atoms with Gasteiger partial charge in [-0.25, -0.2) is 4.98 Å². The van der Waals surface area contributed by atoms with Gasteiger partial charge in [0.25, 0.3) is 0 Å². The average Bonchev–Trinajstić information content (AvgIpc) is 2.25. The van der Waals surface area contributed by atoms with Gasteiger partial charge in [-0.3, -0.25) is 0 Å². The van der Waals surface area contributed by atoms with Crippen LogP contribution >= 0.6 is 11.6 Å². The first-order chi connectivity index (χ1) is 7.56. The van der Waals surface area contributed by atoms with Crippen molar-refractivity contribution in [3.63, 3.8) is 0 Å². The van der Waals surface area contributed by atoms with E-state index in [4.69, 9.17) is 16.9 Å². The van der Waals surface area contributed by atoms with Crippen molar-refractivity contribution in [1.82, 2.24) is 9.88 Å². The molecule has 0 bridgehead atoms. The number of anilines is 1. The third kappa shape index (κ3) is 2.84. The molecule has 0 aliphatic heterocycles. The molecule has 0 aliphatic carbocycles. The van der Waals surface area contributed by atoms with E-state index in [1.165, 1.54) is 0 Å². The van der Waals surface area contributed by atoms with Crippen LogP contribution in [0.4, 0.5) is 5.69 Å². The number of halogens is 1. The van der Waals surface area contributed by atoms with Gasteiger partial charge in [-0.1, -0.05) is 11.6 Å². The molecule has 0 aromatic carbocycles. The molecule has 16 heavy (non-hydrogen) atoms. The smallest absolute Gasteiger partial charge is 0.216 e. The molecule has 5 nitrogen and oxygen atoms in total. The third-order valence-electron chi connectivity index (χ3n) is 1.95. The first kappa shape index (κ1) is 12.3. The second-order valence-corrected chi connectivity index (χ2v) is 3.69. The Kier molecular flexibility index (Phi) is 4.09. The minimum absolute atomic E-state index is 0.431. The summed E-state index contributed by atoms with van der Waals surface area (Å²) in [5, 5.41) is 9.03. The number of hydrogen-bond donors (Lipinski definition) is 0. The van der Waals surface area contributed by atoms with E-state index in [-0.39, 0.29) is 0 Å². The van der Waals surface area contributed by atoms with Gasteiger partial charge < -0.3 is 9.80 Å². The highest BCUT2D eigenvalue weighted by atomic mass is 35.5. The van der Waals surface area contributed by atoms with Gasteiger partial charge in [0.05, 0.1) is 11.9 Å². The van der Waals surface area contributed by atoms with Crippen LogP contribution in [0.2, 0.25) is 5.15 Å². The van der Waals surface area contributed by atoms with Gasteiger partial charge in [-0.15, -0.1) is 4.99 Å². The van der Waals surface area contributed by atoms with Crippen molar-refractivity contribution in [2.75, 3.05) is 26.0 Å². The van der Waals surface area contributed by atoms with Crippen molar-refractivity contribution in [3.8, 4) is 6.19 Å². The van der Waals surface area contributed by atoms with Crippen LogP contribution in [0.3, 0.4) is 0 Å². The van der Waals surface area contributed by atoms with E-state index in [0.717, 1.165) is 5.69 Å². The fourth-order valence-corrected chi connectivity index (χ4v) is 1.31. The Morgan fingerprint density at radius 1 is 1.44 bits per heavy atom. The van der Waals surface area contributed by atoms with Gasteiger partial charge in [0, 0.05) is 21.1 Å². The van der Waals surface area contributed by atoms with Crippen molar-refractivity contribution in [3.05, 3.63) is 23.5 Å². The van der Waals surface area contributed by atoms with E-state index >= 15 is 0 Å². The molecule has 1 aromatic heterocycles. The zero-order valence-electron chi connectivity index (χ0n) is 9.35. The summed E-state index contributed by atoms with van der Waals surface area (Å²) in [6.45, 7) is 0. The summed E-state index contributed by atoms with van der Waals surface area (Å²) in [4.78, 5) is 11.2. The lowest BCUT2D eigenvalue weighted by Crippen LogP contribution is -2.37. The molecule has 0 unspecified atom stereocenters. The zero-order valence-corrected chi connectivity index (χ0v) is 10.1. The van der Waals surface area contributed by atoms with Crippen molar-refractivity contribution in [2.24, 2.45) is 4.99 Å². The normalized spacial score (nSPS) is 10.8. The number of pyridine rings is 1. The van der Waals surface area contributed by atoms with Gasteiger partial charge in [0.1, 0.15) is 5.15 Å². The van der Waals surface area contributed by atoms with Gasteiger partial charge in [-0.05, 0) is 12.1 Å². The maximum Gasteiger partial charge on any atom is 0.216 e. The molecule has 0 N–H and O–H groups in total. The molecule has 0 aliphatic rings. The van der Waals surface area contributed by atoms with Crippen molar-refractivity contribution in [2.45, 2.75) is 0 Å². The van der Waals surface area contributed by atoms with Crippen LogP contribution < -0.4 is 4.90 Å². The molecular formula is C10H12ClN5. The van der Waals surface area contributed by atoms with Crippen LogP contribution in [0, 0.1) is 11.5 Å². The van der Waals surface area contributed by atoms with E-state index in [1.54, 1.807) is 35.3 Å². The summed E-state index contributed by atoms with van der Waals surface area (Å²) in [5.74, 6) is 0.534. The van der Waals surface area contributed by atoms with Gasteiger partial charge in [0.15, 0.2) is 0 Å². The Balaban J connectivity index is 3.00. The van der Waals surface area contributed by atoms with Gasteiger partial charge in [0.2, 0.25) is 12.2 Å². The Morgan fingerprint density at radius 2 is 2.12 bits per heavy atom. The summed E-state index contributed by atoms with van der Waals surface area (Å²) < 4.78 is 0. The van der Waals surface area contributed by atoms with Crippen LogP contribution in [0.5, 0.6) is 0 Å². The number of aromatic nitrogens is 1. The number of rotatable bonds is 1. The second kappa shape index (κ2) is 5.33. The van der Waals surface area contributed by atoms with Gasteiger partial charge in [-0.2, -0.15) is 5.26 Å². The minimum atomic E-state index is 0.431. The molecule has 0 amide bonds. The molecule has 1 heterocycles. The van der Waals surface area contributed by atoms with E-state index in [9.17, 15) is 0 Å². The molecule has 84 valence electrons. The summed E-state index contributed by atoms with van der Waals surface area (Å²) in [6, 6.07) is 3.50. The summed E-state index contributed by atoms with van der Waals surface area (Å²) >= 11 is 5.70. The first-order valence-corrected chi connectivity index (χ1v) is 4.93. The van der Waals surface area contributed by atoms with Gasteiger partial charge >= 0.3 is 0 Å². The average molecular weight is 238 g/mol. The lowest BCUT2D eigenvalue weighted by molar-refractivity contribution is 0.609. The van der Waals surface area contributed by atoms with Crippen molar-refractivity contribution < 1.29 is 0 Å². The van der Waals surface area contributed by atoms with E-state index in [2.05, 4.69) is 9.98 Å². The highest BCUT2D eigenvalue weighted by Gasteiger charge is 2.11. The number of nitriles is 1. The lowest BCUT2D eigenvalue weighted by atomic mass is 10.4. The molecule has 0 spiro atoms. The molecule has 0 saturated heterocycles. The zero-order chi connectivity index (χ0) is 12.1. The predicted molar refractivity (Wildman–Crippen MR) is 64.4 cm³/mol. The summed E-state index contributed by atoms with van der Waals surface area (Å²) in [5.41, 5.74) is 0.812. The topological polar surface area (TPSA) is 55.5 Å². The number of aliphatic imine (C=N–C) groups is 1. The molecule has 6 heteroatoms. The number of guanidine groups is 1. The fourth-order valence-electron chi connectivity index (χ4n) is 1.20. The highest BCUT2D eigenvalue weighted by Crippen LogP contribution is 2.14. The third-order valence-corrected chi connectivity index (χ3v) is 2.17. The molecule has 0 saturated carbocycles. The molecule has 0 atom stereocenters. The standard InChI is InChI=1S/C10H12ClN5/c1-15(2)10(14-7-12)16(3)8-4-5-9(11)13-6-8/h4-6H,1-3H3. The largest absolute Gasteiger partial charge is 0.348 e. The SMILES string of the molecule is CN(C)C(=NC#N)N(C)c1ccc(Cl)nc1. The minimum Gasteiger partial charge on any atom is -0.348 e. The lowest BCUT2D eigenvalue weighted by Gasteiger charge is -2.25. The Morgan fingerprint density at radius 3 is 2.56 bits per heavy atom.